The van der Waals surface area contributed by atoms with E-state index in [9.17, 15) is 0 Å². The van der Waals surface area contributed by atoms with Crippen molar-refractivity contribution >= 4 is 16.3 Å². The molecular weight excluding hydrogens is 232 g/mol. The van der Waals surface area contributed by atoms with Crippen molar-refractivity contribution in [1.29, 1.82) is 0 Å². The van der Waals surface area contributed by atoms with E-state index >= 15 is 0 Å². The van der Waals surface area contributed by atoms with E-state index in [2.05, 4.69) is 18.2 Å². The maximum atomic E-state index is 5.49. The van der Waals surface area contributed by atoms with Gasteiger partial charge in [-0.05, 0) is 26.3 Å². The van der Waals surface area contributed by atoms with Crippen LogP contribution in [0.4, 0.5) is 0 Å². The van der Waals surface area contributed by atoms with Crippen LogP contribution in [0.2, 0.25) is 0 Å². The second-order valence-corrected chi connectivity index (χ2v) is 5.71. The van der Waals surface area contributed by atoms with Crippen LogP contribution >= 0.6 is 11.3 Å². The average Bonchev–Trinajstić information content (AvgIpc) is 2.94. The van der Waals surface area contributed by atoms with E-state index in [0.717, 1.165) is 29.3 Å². The first-order chi connectivity index (χ1) is 8.25. The normalized spacial score (nSPS) is 14.0. The van der Waals surface area contributed by atoms with E-state index in [-0.39, 0.29) is 0 Å². The van der Waals surface area contributed by atoms with Crippen LogP contribution in [0.1, 0.15) is 22.0 Å². The third-order valence-corrected chi connectivity index (χ3v) is 4.68. The highest BCUT2D eigenvalue weighted by atomic mass is 32.1. The van der Waals surface area contributed by atoms with Crippen LogP contribution in [0.5, 0.6) is 0 Å². The highest BCUT2D eigenvalue weighted by Crippen LogP contribution is 2.36. The molecule has 1 aliphatic carbocycles. The summed E-state index contributed by atoms with van der Waals surface area (Å²) in [7, 11) is 0. The molecule has 0 fully saturated rings. The maximum absolute atomic E-state index is 5.49. The second-order valence-electron chi connectivity index (χ2n) is 4.53. The van der Waals surface area contributed by atoms with Gasteiger partial charge in [0.1, 0.15) is 5.76 Å². The van der Waals surface area contributed by atoms with E-state index in [1.54, 1.807) is 17.6 Å². The van der Waals surface area contributed by atoms with Crippen molar-refractivity contribution in [3.8, 4) is 11.3 Å². The summed E-state index contributed by atoms with van der Waals surface area (Å²) in [6.07, 6.45) is 3.77. The van der Waals surface area contributed by atoms with Gasteiger partial charge in [0.2, 0.25) is 0 Å². The molecule has 3 aromatic rings. The van der Waals surface area contributed by atoms with Crippen LogP contribution in [0.3, 0.4) is 0 Å². The van der Waals surface area contributed by atoms with Crippen LogP contribution < -0.4 is 0 Å². The molecule has 0 saturated heterocycles. The molecule has 0 atom stereocenters. The lowest BCUT2D eigenvalue weighted by molar-refractivity contribution is 0.505. The van der Waals surface area contributed by atoms with E-state index in [0.29, 0.717) is 0 Å². The van der Waals surface area contributed by atoms with Gasteiger partial charge in [0.05, 0.1) is 17.7 Å². The average molecular weight is 244 g/mol. The van der Waals surface area contributed by atoms with Gasteiger partial charge in [0.15, 0.2) is 4.96 Å². The number of thiazole rings is 1. The molecule has 0 aliphatic heterocycles. The van der Waals surface area contributed by atoms with E-state index in [1.165, 1.54) is 21.8 Å². The first kappa shape index (κ1) is 9.48. The molecule has 86 valence electrons. The highest BCUT2D eigenvalue weighted by Gasteiger charge is 2.25. The largest absolute Gasteiger partial charge is 0.469 e. The molecule has 0 N–H and O–H groups in total. The summed E-state index contributed by atoms with van der Waals surface area (Å²) in [6.45, 7) is 4.33. The van der Waals surface area contributed by atoms with Gasteiger partial charge in [-0.2, -0.15) is 0 Å². The lowest BCUT2D eigenvalue weighted by Crippen LogP contribution is -2.04. The molecule has 0 radical (unpaired) electrons. The van der Waals surface area contributed by atoms with Gasteiger partial charge in [0, 0.05) is 22.6 Å². The number of hydrogen-bond acceptors (Lipinski definition) is 3. The zero-order chi connectivity index (χ0) is 11.6. The Bertz CT molecular complexity index is 732. The molecule has 4 heteroatoms. The van der Waals surface area contributed by atoms with Crippen molar-refractivity contribution in [2.45, 2.75) is 26.7 Å². The van der Waals surface area contributed by atoms with Crippen LogP contribution in [-0.4, -0.2) is 9.38 Å². The van der Waals surface area contributed by atoms with Crippen LogP contribution in [-0.2, 0) is 12.8 Å². The summed E-state index contributed by atoms with van der Waals surface area (Å²) < 4.78 is 7.80. The smallest absolute Gasteiger partial charge is 0.194 e. The van der Waals surface area contributed by atoms with Crippen LogP contribution in [0.15, 0.2) is 16.7 Å². The van der Waals surface area contributed by atoms with E-state index < -0.39 is 0 Å². The predicted octanol–water partition coefficient (Wildman–Crippen LogP) is 3.37. The zero-order valence-electron chi connectivity index (χ0n) is 9.78. The SMILES string of the molecule is Cc1sc2nc3c(n2c1C)CCc1occc1-3. The minimum Gasteiger partial charge on any atom is -0.469 e. The third-order valence-electron chi connectivity index (χ3n) is 3.62. The minimum atomic E-state index is 0.984. The second kappa shape index (κ2) is 3.01. The Morgan fingerprint density at radius 2 is 2.24 bits per heavy atom. The molecule has 3 aromatic heterocycles. The zero-order valence-corrected chi connectivity index (χ0v) is 10.6. The topological polar surface area (TPSA) is 30.4 Å². The number of fused-ring (bicyclic) bond motifs is 5. The van der Waals surface area contributed by atoms with Crippen molar-refractivity contribution in [2.24, 2.45) is 0 Å². The van der Waals surface area contributed by atoms with E-state index in [4.69, 9.17) is 9.40 Å². The quantitative estimate of drug-likeness (QED) is 0.607. The van der Waals surface area contributed by atoms with Gasteiger partial charge in [-0.25, -0.2) is 4.98 Å². The summed E-state index contributed by atoms with van der Waals surface area (Å²) in [5.41, 5.74) is 4.97. The maximum Gasteiger partial charge on any atom is 0.194 e. The van der Waals surface area contributed by atoms with Gasteiger partial charge in [-0.1, -0.05) is 0 Å². The lowest BCUT2D eigenvalue weighted by atomic mass is 9.99. The Labute approximate surface area is 103 Å². The highest BCUT2D eigenvalue weighted by molar-refractivity contribution is 7.17. The molecule has 3 heterocycles. The molecule has 0 aromatic carbocycles. The summed E-state index contributed by atoms with van der Waals surface area (Å²) in [5.74, 6) is 1.08. The third kappa shape index (κ3) is 1.08. The molecule has 4 rings (SSSR count). The summed E-state index contributed by atoms with van der Waals surface area (Å²) in [6, 6.07) is 2.03. The fourth-order valence-corrected chi connectivity index (χ4v) is 3.63. The van der Waals surface area contributed by atoms with Crippen molar-refractivity contribution in [1.82, 2.24) is 9.38 Å². The Kier molecular flexibility index (Phi) is 1.68. The fourth-order valence-electron chi connectivity index (χ4n) is 2.64. The Balaban J connectivity index is 2.12. The van der Waals surface area contributed by atoms with Crippen molar-refractivity contribution in [3.63, 3.8) is 0 Å². The first-order valence-corrected chi connectivity index (χ1v) is 6.61. The predicted molar refractivity (Wildman–Crippen MR) is 67.7 cm³/mol. The van der Waals surface area contributed by atoms with Gasteiger partial charge in [-0.15, -0.1) is 11.3 Å². The molecule has 0 saturated carbocycles. The van der Waals surface area contributed by atoms with E-state index in [1.807, 2.05) is 6.07 Å². The standard InChI is InChI=1S/C13H12N2OS/c1-7-8(2)17-13-14-12-9-5-6-16-11(9)4-3-10(12)15(7)13/h5-6H,3-4H2,1-2H3. The number of hydrogen-bond donors (Lipinski definition) is 0. The molecule has 3 nitrogen and oxygen atoms in total. The molecule has 0 amide bonds. The molecule has 17 heavy (non-hydrogen) atoms. The summed E-state index contributed by atoms with van der Waals surface area (Å²) in [4.78, 5) is 7.24. The lowest BCUT2D eigenvalue weighted by Gasteiger charge is -2.10. The van der Waals surface area contributed by atoms with Crippen LogP contribution in [0.25, 0.3) is 16.2 Å². The Morgan fingerprint density at radius 1 is 1.35 bits per heavy atom. The molecule has 0 spiro atoms. The molecule has 0 unspecified atom stereocenters. The molecule has 1 aliphatic rings. The number of furan rings is 1. The van der Waals surface area contributed by atoms with Crippen molar-refractivity contribution in [3.05, 3.63) is 34.4 Å². The van der Waals surface area contributed by atoms with Crippen molar-refractivity contribution in [2.75, 3.05) is 0 Å². The Morgan fingerprint density at radius 3 is 3.12 bits per heavy atom. The van der Waals surface area contributed by atoms with Crippen LogP contribution in [0, 0.1) is 13.8 Å². The monoisotopic (exact) mass is 244 g/mol. The fraction of sp³-hybridized carbons (Fsp3) is 0.308. The van der Waals surface area contributed by atoms with Crippen molar-refractivity contribution < 1.29 is 4.42 Å². The van der Waals surface area contributed by atoms with Gasteiger partial charge >= 0.3 is 0 Å². The number of aromatic nitrogens is 2. The molecule has 0 bridgehead atoms. The van der Waals surface area contributed by atoms with Gasteiger partial charge in [-0.3, -0.25) is 4.40 Å². The number of imidazole rings is 1. The number of rotatable bonds is 0. The minimum absolute atomic E-state index is 0.984. The first-order valence-electron chi connectivity index (χ1n) is 5.80. The number of nitrogens with zero attached hydrogens (tertiary/aromatic N) is 2. The Hall–Kier alpha value is -1.55. The summed E-state index contributed by atoms with van der Waals surface area (Å²) in [5, 5.41) is 0. The van der Waals surface area contributed by atoms with Gasteiger partial charge in [0.25, 0.3) is 0 Å². The molecular formula is C13H12N2OS. The van der Waals surface area contributed by atoms with Gasteiger partial charge < -0.3 is 4.42 Å². The number of aryl methyl sites for hydroxylation is 4. The summed E-state index contributed by atoms with van der Waals surface area (Å²) >= 11 is 1.77.